The van der Waals surface area contributed by atoms with Crippen molar-refractivity contribution in [1.29, 1.82) is 0 Å². The van der Waals surface area contributed by atoms with Crippen molar-refractivity contribution in [3.63, 3.8) is 0 Å². The van der Waals surface area contributed by atoms with Crippen LogP contribution >= 0.6 is 0 Å². The van der Waals surface area contributed by atoms with Crippen molar-refractivity contribution in [1.82, 2.24) is 4.90 Å². The maximum Gasteiger partial charge on any atom is 0.249 e. The van der Waals surface area contributed by atoms with Gasteiger partial charge in [0.15, 0.2) is 0 Å². The van der Waals surface area contributed by atoms with Gasteiger partial charge in [-0.25, -0.2) is 4.39 Å². The third-order valence-electron chi connectivity index (χ3n) is 3.23. The Morgan fingerprint density at radius 1 is 1.30 bits per heavy atom. The smallest absolute Gasteiger partial charge is 0.249 e. The highest BCUT2D eigenvalue weighted by atomic mass is 19.1. The predicted molar refractivity (Wildman–Crippen MR) is 72.7 cm³/mol. The Kier molecular flexibility index (Phi) is 5.49. The molecular weight excluding hydrogens is 261 g/mol. The molecule has 0 aliphatic heterocycles. The number of benzene rings is 1. The lowest BCUT2D eigenvalue weighted by atomic mass is 10.2. The molecule has 1 aliphatic carbocycles. The lowest BCUT2D eigenvalue weighted by Crippen LogP contribution is -2.35. The van der Waals surface area contributed by atoms with Crippen LogP contribution in [0.15, 0.2) is 24.3 Å². The number of carbonyl (C=O) groups is 1. The zero-order valence-corrected chi connectivity index (χ0v) is 11.7. The summed E-state index contributed by atoms with van der Waals surface area (Å²) in [4.78, 5) is 14.0. The van der Waals surface area contributed by atoms with Crippen LogP contribution in [-0.2, 0) is 20.8 Å². The summed E-state index contributed by atoms with van der Waals surface area (Å²) in [6, 6.07) is 6.56. The quantitative estimate of drug-likeness (QED) is 0.684. The van der Waals surface area contributed by atoms with E-state index in [4.69, 9.17) is 9.47 Å². The van der Waals surface area contributed by atoms with Gasteiger partial charge in [0.05, 0.1) is 13.2 Å². The summed E-state index contributed by atoms with van der Waals surface area (Å²) in [6.07, 6.45) is 2.07. The Bertz CT molecular complexity index is 431. The van der Waals surface area contributed by atoms with E-state index >= 15 is 0 Å². The fourth-order valence-corrected chi connectivity index (χ4v) is 1.98. The van der Waals surface area contributed by atoms with E-state index in [0.29, 0.717) is 25.8 Å². The van der Waals surface area contributed by atoms with Gasteiger partial charge in [0, 0.05) is 19.7 Å². The maximum atomic E-state index is 12.9. The topological polar surface area (TPSA) is 38.8 Å². The van der Waals surface area contributed by atoms with E-state index in [1.165, 1.54) is 12.1 Å². The van der Waals surface area contributed by atoms with E-state index in [2.05, 4.69) is 0 Å². The second-order valence-corrected chi connectivity index (χ2v) is 4.92. The van der Waals surface area contributed by atoms with E-state index in [1.54, 1.807) is 19.2 Å². The molecule has 1 fully saturated rings. The van der Waals surface area contributed by atoms with Crippen LogP contribution in [0.1, 0.15) is 18.4 Å². The summed E-state index contributed by atoms with van der Waals surface area (Å²) in [7, 11) is 1.59. The predicted octanol–water partition coefficient (Wildman–Crippen LogP) is 1.98. The largest absolute Gasteiger partial charge is 0.382 e. The normalized spacial score (nSPS) is 14.3. The Balaban J connectivity index is 1.86. The number of ether oxygens (including phenoxy) is 2. The third kappa shape index (κ3) is 4.58. The van der Waals surface area contributed by atoms with Crippen LogP contribution in [0.4, 0.5) is 4.39 Å². The number of nitrogens with zero attached hydrogens (tertiary/aromatic N) is 1. The van der Waals surface area contributed by atoms with Crippen molar-refractivity contribution >= 4 is 5.91 Å². The molecular formula is C15H20FNO3. The molecule has 0 saturated heterocycles. The number of hydrogen-bond acceptors (Lipinski definition) is 3. The number of carbonyl (C=O) groups excluding carboxylic acids is 1. The summed E-state index contributed by atoms with van der Waals surface area (Å²) in [5, 5.41) is 0. The van der Waals surface area contributed by atoms with Crippen LogP contribution in [0.25, 0.3) is 0 Å². The second-order valence-electron chi connectivity index (χ2n) is 4.92. The molecule has 1 aromatic carbocycles. The second kappa shape index (κ2) is 7.36. The molecule has 0 N–H and O–H groups in total. The first-order valence-electron chi connectivity index (χ1n) is 6.81. The van der Waals surface area contributed by atoms with Gasteiger partial charge in [-0.15, -0.1) is 0 Å². The van der Waals surface area contributed by atoms with Crippen LogP contribution < -0.4 is 0 Å². The molecule has 0 atom stereocenters. The number of halogens is 1. The number of amides is 1. The zero-order valence-electron chi connectivity index (χ0n) is 11.7. The Hall–Kier alpha value is -1.46. The van der Waals surface area contributed by atoms with Gasteiger partial charge in [0.2, 0.25) is 5.91 Å². The fourth-order valence-electron chi connectivity index (χ4n) is 1.98. The monoisotopic (exact) mass is 281 g/mol. The average molecular weight is 281 g/mol. The molecule has 0 heterocycles. The molecule has 0 radical (unpaired) electrons. The van der Waals surface area contributed by atoms with Crippen molar-refractivity contribution in [2.45, 2.75) is 25.4 Å². The minimum absolute atomic E-state index is 0.0204. The van der Waals surface area contributed by atoms with Crippen LogP contribution in [0.3, 0.4) is 0 Å². The molecule has 0 aromatic heterocycles. The highest BCUT2D eigenvalue weighted by molar-refractivity contribution is 5.78. The molecule has 5 heteroatoms. The van der Waals surface area contributed by atoms with E-state index in [0.717, 1.165) is 18.4 Å². The van der Waals surface area contributed by atoms with E-state index in [9.17, 15) is 9.18 Å². The maximum absolute atomic E-state index is 12.9. The van der Waals surface area contributed by atoms with Gasteiger partial charge in [0.1, 0.15) is 12.4 Å². The first-order chi connectivity index (χ1) is 9.70. The molecule has 20 heavy (non-hydrogen) atoms. The number of rotatable bonds is 8. The van der Waals surface area contributed by atoms with Gasteiger partial charge in [-0.3, -0.25) is 4.79 Å². The first kappa shape index (κ1) is 14.9. The number of methoxy groups -OCH3 is 1. The molecule has 1 amide bonds. The Morgan fingerprint density at radius 2 is 2.00 bits per heavy atom. The van der Waals surface area contributed by atoms with Gasteiger partial charge in [-0.1, -0.05) is 12.1 Å². The van der Waals surface area contributed by atoms with Crippen molar-refractivity contribution in [3.05, 3.63) is 35.6 Å². The SMILES string of the molecule is COCCOCC(=O)N(Cc1ccc(F)cc1)C1CC1. The van der Waals surface area contributed by atoms with Gasteiger partial charge >= 0.3 is 0 Å². The molecule has 0 unspecified atom stereocenters. The highest BCUT2D eigenvalue weighted by Gasteiger charge is 2.32. The Labute approximate surface area is 118 Å². The van der Waals surface area contributed by atoms with Crippen LogP contribution in [0.5, 0.6) is 0 Å². The van der Waals surface area contributed by atoms with E-state index in [-0.39, 0.29) is 18.3 Å². The Morgan fingerprint density at radius 3 is 2.60 bits per heavy atom. The first-order valence-corrected chi connectivity index (χ1v) is 6.81. The van der Waals surface area contributed by atoms with Crippen molar-refractivity contribution in [2.24, 2.45) is 0 Å². The minimum atomic E-state index is -0.263. The highest BCUT2D eigenvalue weighted by Crippen LogP contribution is 2.28. The molecule has 4 nitrogen and oxygen atoms in total. The molecule has 0 spiro atoms. The van der Waals surface area contributed by atoms with E-state index in [1.807, 2.05) is 4.90 Å². The summed E-state index contributed by atoms with van der Waals surface area (Å²) in [5.41, 5.74) is 0.934. The summed E-state index contributed by atoms with van der Waals surface area (Å²) in [6.45, 7) is 1.48. The van der Waals surface area contributed by atoms with Gasteiger partial charge in [-0.05, 0) is 30.5 Å². The number of hydrogen-bond donors (Lipinski definition) is 0. The third-order valence-corrected chi connectivity index (χ3v) is 3.23. The molecule has 1 saturated carbocycles. The van der Waals surface area contributed by atoms with Crippen molar-refractivity contribution in [2.75, 3.05) is 26.9 Å². The zero-order chi connectivity index (χ0) is 14.4. The van der Waals surface area contributed by atoms with Crippen molar-refractivity contribution in [3.8, 4) is 0 Å². The fraction of sp³-hybridized carbons (Fsp3) is 0.533. The lowest BCUT2D eigenvalue weighted by molar-refractivity contribution is -0.137. The summed E-state index contributed by atoms with van der Waals surface area (Å²) >= 11 is 0. The molecule has 1 aliphatic rings. The van der Waals surface area contributed by atoms with Crippen LogP contribution in [0.2, 0.25) is 0 Å². The standard InChI is InChI=1S/C15H20FNO3/c1-19-8-9-20-11-15(18)17(14-6-7-14)10-12-2-4-13(16)5-3-12/h2-5,14H,6-11H2,1H3. The van der Waals surface area contributed by atoms with Gasteiger partial charge in [-0.2, -0.15) is 0 Å². The molecule has 110 valence electrons. The molecule has 0 bridgehead atoms. The van der Waals surface area contributed by atoms with Gasteiger partial charge < -0.3 is 14.4 Å². The molecule has 2 rings (SSSR count). The van der Waals surface area contributed by atoms with Crippen LogP contribution in [0, 0.1) is 5.82 Å². The average Bonchev–Trinajstić information content (AvgIpc) is 3.27. The van der Waals surface area contributed by atoms with Gasteiger partial charge in [0.25, 0.3) is 0 Å². The van der Waals surface area contributed by atoms with E-state index < -0.39 is 0 Å². The molecule has 1 aromatic rings. The lowest BCUT2D eigenvalue weighted by Gasteiger charge is -2.22. The summed E-state index contributed by atoms with van der Waals surface area (Å²) < 4.78 is 23.0. The van der Waals surface area contributed by atoms with Crippen molar-refractivity contribution < 1.29 is 18.7 Å². The summed E-state index contributed by atoms with van der Waals surface area (Å²) in [5.74, 6) is -0.283. The van der Waals surface area contributed by atoms with Crippen LogP contribution in [-0.4, -0.2) is 43.8 Å². The minimum Gasteiger partial charge on any atom is -0.382 e.